The molecule has 34 heavy (non-hydrogen) atoms. The number of ether oxygens (including phenoxy) is 2. The SMILES string of the molecule is O=C(CCN(CCC(=O)OCCc1ccccc1)Cc1ccccc1)OCCc1ccccc1. The lowest BCUT2D eigenvalue weighted by molar-refractivity contribution is -0.144. The Hall–Kier alpha value is -3.44. The van der Waals surface area contributed by atoms with E-state index in [0.717, 1.165) is 16.7 Å². The van der Waals surface area contributed by atoms with Gasteiger partial charge in [-0.15, -0.1) is 0 Å². The molecule has 0 saturated carbocycles. The normalized spacial score (nSPS) is 10.7. The number of rotatable bonds is 14. The Morgan fingerprint density at radius 2 is 0.941 bits per heavy atom. The zero-order valence-electron chi connectivity index (χ0n) is 19.6. The summed E-state index contributed by atoms with van der Waals surface area (Å²) >= 11 is 0. The van der Waals surface area contributed by atoms with Crippen molar-refractivity contribution in [3.05, 3.63) is 108 Å². The van der Waals surface area contributed by atoms with Crippen LogP contribution in [0.2, 0.25) is 0 Å². The van der Waals surface area contributed by atoms with Gasteiger partial charge in [-0.2, -0.15) is 0 Å². The Morgan fingerprint density at radius 3 is 1.35 bits per heavy atom. The second-order valence-electron chi connectivity index (χ2n) is 8.17. The molecule has 5 nitrogen and oxygen atoms in total. The molecule has 0 saturated heterocycles. The molecule has 0 aliphatic carbocycles. The summed E-state index contributed by atoms with van der Waals surface area (Å²) in [6.45, 7) is 2.45. The summed E-state index contributed by atoms with van der Waals surface area (Å²) in [5, 5.41) is 0. The van der Waals surface area contributed by atoms with Gasteiger partial charge in [-0.05, 0) is 16.7 Å². The first-order valence-corrected chi connectivity index (χ1v) is 11.8. The van der Waals surface area contributed by atoms with Gasteiger partial charge in [0.05, 0.1) is 26.1 Å². The molecule has 0 spiro atoms. The highest BCUT2D eigenvalue weighted by Gasteiger charge is 2.13. The van der Waals surface area contributed by atoms with Gasteiger partial charge in [0.1, 0.15) is 0 Å². The maximum atomic E-state index is 12.3. The van der Waals surface area contributed by atoms with Crippen molar-refractivity contribution in [2.24, 2.45) is 0 Å². The highest BCUT2D eigenvalue weighted by molar-refractivity contribution is 5.70. The Morgan fingerprint density at radius 1 is 0.559 bits per heavy atom. The summed E-state index contributed by atoms with van der Waals surface area (Å²) in [6.07, 6.45) is 1.97. The van der Waals surface area contributed by atoms with Gasteiger partial charge in [0.15, 0.2) is 0 Å². The number of carbonyl (C=O) groups excluding carboxylic acids is 2. The van der Waals surface area contributed by atoms with E-state index in [2.05, 4.69) is 4.90 Å². The Kier molecular flexibility index (Phi) is 10.9. The minimum atomic E-state index is -0.223. The minimum absolute atomic E-state index is 0.223. The highest BCUT2D eigenvalue weighted by atomic mass is 16.5. The van der Waals surface area contributed by atoms with Crippen molar-refractivity contribution in [3.8, 4) is 0 Å². The Bertz CT molecular complexity index is 915. The van der Waals surface area contributed by atoms with Gasteiger partial charge in [0.2, 0.25) is 0 Å². The fraction of sp³-hybridized carbons (Fsp3) is 0.310. The van der Waals surface area contributed by atoms with Crippen LogP contribution in [0.3, 0.4) is 0 Å². The molecule has 0 fully saturated rings. The summed E-state index contributed by atoms with van der Waals surface area (Å²) in [5.74, 6) is -0.445. The molecule has 3 rings (SSSR count). The van der Waals surface area contributed by atoms with Gasteiger partial charge < -0.3 is 9.47 Å². The molecule has 0 N–H and O–H groups in total. The maximum absolute atomic E-state index is 12.3. The maximum Gasteiger partial charge on any atom is 0.307 e. The van der Waals surface area contributed by atoms with E-state index in [4.69, 9.17) is 9.47 Å². The van der Waals surface area contributed by atoms with E-state index in [-0.39, 0.29) is 24.8 Å². The number of benzene rings is 3. The minimum Gasteiger partial charge on any atom is -0.465 e. The number of carbonyl (C=O) groups is 2. The molecule has 0 bridgehead atoms. The summed E-state index contributed by atoms with van der Waals surface area (Å²) in [6, 6.07) is 30.0. The molecule has 3 aromatic rings. The van der Waals surface area contributed by atoms with Crippen molar-refractivity contribution >= 4 is 11.9 Å². The number of hydrogen-bond acceptors (Lipinski definition) is 5. The molecule has 0 amide bonds. The molecule has 0 atom stereocenters. The van der Waals surface area contributed by atoms with Crippen molar-refractivity contribution in [1.29, 1.82) is 0 Å². The van der Waals surface area contributed by atoms with Gasteiger partial charge in [-0.3, -0.25) is 14.5 Å². The Labute approximate surface area is 202 Å². The lowest BCUT2D eigenvalue weighted by Crippen LogP contribution is -2.29. The van der Waals surface area contributed by atoms with Crippen LogP contribution < -0.4 is 0 Å². The van der Waals surface area contributed by atoms with Crippen molar-refractivity contribution in [1.82, 2.24) is 4.90 Å². The van der Waals surface area contributed by atoms with Crippen molar-refractivity contribution in [2.45, 2.75) is 32.2 Å². The highest BCUT2D eigenvalue weighted by Crippen LogP contribution is 2.08. The summed E-state index contributed by atoms with van der Waals surface area (Å²) in [5.41, 5.74) is 3.43. The lowest BCUT2D eigenvalue weighted by atomic mass is 10.2. The van der Waals surface area contributed by atoms with E-state index >= 15 is 0 Å². The van der Waals surface area contributed by atoms with Crippen molar-refractivity contribution in [2.75, 3.05) is 26.3 Å². The monoisotopic (exact) mass is 459 g/mol. The van der Waals surface area contributed by atoms with Crippen LogP contribution in [0.4, 0.5) is 0 Å². The lowest BCUT2D eigenvalue weighted by Gasteiger charge is -2.21. The molecule has 0 aliphatic heterocycles. The standard InChI is InChI=1S/C29H33NO4/c31-28(33-22-18-25-10-4-1-5-11-25)16-20-30(24-27-14-8-3-9-15-27)21-17-29(32)34-23-19-26-12-6-2-7-13-26/h1-15H,16-24H2. The van der Waals surface area contributed by atoms with E-state index in [1.54, 1.807) is 0 Å². The van der Waals surface area contributed by atoms with Crippen LogP contribution in [0.5, 0.6) is 0 Å². The number of hydrogen-bond donors (Lipinski definition) is 0. The van der Waals surface area contributed by atoms with Gasteiger partial charge >= 0.3 is 11.9 Å². The molecule has 0 radical (unpaired) electrons. The van der Waals surface area contributed by atoms with Gasteiger partial charge in [-0.25, -0.2) is 0 Å². The first-order chi connectivity index (χ1) is 16.7. The molecule has 5 heteroatoms. The quantitative estimate of drug-likeness (QED) is 0.323. The van der Waals surface area contributed by atoms with Gasteiger partial charge in [-0.1, -0.05) is 91.0 Å². The Balaban J connectivity index is 1.40. The molecule has 3 aromatic carbocycles. The van der Waals surface area contributed by atoms with Gasteiger partial charge in [0, 0.05) is 32.5 Å². The van der Waals surface area contributed by atoms with Crippen molar-refractivity contribution in [3.63, 3.8) is 0 Å². The molecule has 0 aromatic heterocycles. The van der Waals surface area contributed by atoms with Crippen LogP contribution in [0.1, 0.15) is 29.5 Å². The average molecular weight is 460 g/mol. The van der Waals surface area contributed by atoms with Crippen LogP contribution in [-0.2, 0) is 38.4 Å². The van der Waals surface area contributed by atoms with E-state index in [0.29, 0.717) is 45.7 Å². The van der Waals surface area contributed by atoms with E-state index in [1.807, 2.05) is 91.0 Å². The zero-order valence-corrected chi connectivity index (χ0v) is 19.6. The molecular formula is C29H33NO4. The van der Waals surface area contributed by atoms with Crippen LogP contribution in [-0.4, -0.2) is 43.1 Å². The van der Waals surface area contributed by atoms with Crippen molar-refractivity contribution < 1.29 is 19.1 Å². The summed E-state index contributed by atoms with van der Waals surface area (Å²) in [7, 11) is 0. The van der Waals surface area contributed by atoms with Crippen LogP contribution in [0, 0.1) is 0 Å². The van der Waals surface area contributed by atoms with E-state index in [1.165, 1.54) is 0 Å². The smallest absolute Gasteiger partial charge is 0.307 e. The molecular weight excluding hydrogens is 426 g/mol. The average Bonchev–Trinajstić information content (AvgIpc) is 2.87. The van der Waals surface area contributed by atoms with Crippen LogP contribution in [0.25, 0.3) is 0 Å². The summed E-state index contributed by atoms with van der Waals surface area (Å²) < 4.78 is 10.8. The third kappa shape index (κ3) is 10.0. The van der Waals surface area contributed by atoms with E-state index < -0.39 is 0 Å². The van der Waals surface area contributed by atoms with Crippen LogP contribution >= 0.6 is 0 Å². The predicted molar refractivity (Wildman–Crippen MR) is 133 cm³/mol. The third-order valence-corrected chi connectivity index (χ3v) is 5.51. The van der Waals surface area contributed by atoms with Crippen LogP contribution in [0.15, 0.2) is 91.0 Å². The van der Waals surface area contributed by atoms with E-state index in [9.17, 15) is 9.59 Å². The fourth-order valence-electron chi connectivity index (χ4n) is 3.61. The topological polar surface area (TPSA) is 55.8 Å². The molecule has 0 aliphatic rings. The molecule has 0 unspecified atom stereocenters. The number of esters is 2. The largest absolute Gasteiger partial charge is 0.465 e. The number of nitrogens with zero attached hydrogens (tertiary/aromatic N) is 1. The summed E-state index contributed by atoms with van der Waals surface area (Å²) in [4.78, 5) is 26.6. The fourth-order valence-corrected chi connectivity index (χ4v) is 3.61. The molecule has 0 heterocycles. The predicted octanol–water partition coefficient (Wildman–Crippen LogP) is 4.84. The van der Waals surface area contributed by atoms with Gasteiger partial charge in [0.25, 0.3) is 0 Å². The zero-order chi connectivity index (χ0) is 23.8. The second-order valence-corrected chi connectivity index (χ2v) is 8.17. The molecule has 178 valence electrons. The first-order valence-electron chi connectivity index (χ1n) is 11.8. The second kappa shape index (κ2) is 14.7. The third-order valence-electron chi connectivity index (χ3n) is 5.51. The first kappa shape index (κ1) is 25.2.